The summed E-state index contributed by atoms with van der Waals surface area (Å²) >= 11 is 0. The second-order valence-electron chi connectivity index (χ2n) is 4.96. The van der Waals surface area contributed by atoms with Gasteiger partial charge >= 0.3 is 0 Å². The van der Waals surface area contributed by atoms with Gasteiger partial charge in [0.15, 0.2) is 0 Å². The predicted octanol–water partition coefficient (Wildman–Crippen LogP) is 5.04. The van der Waals surface area contributed by atoms with Crippen molar-refractivity contribution in [3.8, 4) is 0 Å². The zero-order valence-corrected chi connectivity index (χ0v) is 10.5. The van der Waals surface area contributed by atoms with Gasteiger partial charge in [-0.15, -0.1) is 0 Å². The summed E-state index contributed by atoms with van der Waals surface area (Å²) in [5.41, 5.74) is 4.43. The lowest BCUT2D eigenvalue weighted by molar-refractivity contribution is 0.562. The summed E-state index contributed by atoms with van der Waals surface area (Å²) in [5.74, 6) is 0.682. The van der Waals surface area contributed by atoms with Crippen LogP contribution in [-0.2, 0) is 0 Å². The molecule has 0 heterocycles. The summed E-state index contributed by atoms with van der Waals surface area (Å²) in [7, 11) is 0. The summed E-state index contributed by atoms with van der Waals surface area (Å²) in [6, 6.07) is 0. The lowest BCUT2D eigenvalue weighted by Gasteiger charge is -2.17. The van der Waals surface area contributed by atoms with Gasteiger partial charge in [0.1, 0.15) is 0 Å². The van der Waals surface area contributed by atoms with E-state index in [1.54, 1.807) is 5.57 Å². The van der Waals surface area contributed by atoms with E-state index in [4.69, 9.17) is 0 Å². The van der Waals surface area contributed by atoms with Crippen LogP contribution in [0, 0.1) is 5.92 Å². The highest BCUT2D eigenvalue weighted by atomic mass is 14.1. The molecule has 0 radical (unpaired) electrons. The quantitative estimate of drug-likeness (QED) is 0.525. The summed E-state index contributed by atoms with van der Waals surface area (Å²) < 4.78 is 0. The van der Waals surface area contributed by atoms with Crippen molar-refractivity contribution >= 4 is 0 Å². The molecule has 0 saturated carbocycles. The van der Waals surface area contributed by atoms with Gasteiger partial charge in [-0.2, -0.15) is 0 Å². The molecule has 1 aliphatic carbocycles. The molecule has 1 rings (SSSR count). The molecule has 0 aromatic rings. The van der Waals surface area contributed by atoms with E-state index in [-0.39, 0.29) is 0 Å². The zero-order chi connectivity index (χ0) is 11.3. The van der Waals surface area contributed by atoms with Crippen LogP contribution in [0.15, 0.2) is 35.5 Å². The molecule has 1 aliphatic rings. The third-order valence-electron chi connectivity index (χ3n) is 3.37. The Morgan fingerprint density at radius 3 is 2.53 bits per heavy atom. The molecule has 15 heavy (non-hydrogen) atoms. The lowest BCUT2D eigenvalue weighted by atomic mass is 9.89. The molecule has 0 unspecified atom stereocenters. The van der Waals surface area contributed by atoms with Crippen molar-refractivity contribution in [1.82, 2.24) is 0 Å². The Kier molecular flexibility index (Phi) is 4.87. The van der Waals surface area contributed by atoms with E-state index in [1.807, 2.05) is 0 Å². The van der Waals surface area contributed by atoms with Gasteiger partial charge in [-0.05, 0) is 58.8 Å². The fraction of sp³-hybridized carbons (Fsp3) is 0.600. The Morgan fingerprint density at radius 1 is 1.20 bits per heavy atom. The maximum atomic E-state index is 4.11. The van der Waals surface area contributed by atoms with Crippen LogP contribution in [0.5, 0.6) is 0 Å². The SMILES string of the molecule is C=C(C)[C@H]1C/C=C(/C)CC/C=C(\C)CC1. The molecule has 0 heteroatoms. The van der Waals surface area contributed by atoms with Crippen LogP contribution in [0.4, 0.5) is 0 Å². The van der Waals surface area contributed by atoms with Gasteiger partial charge in [0.05, 0.1) is 0 Å². The van der Waals surface area contributed by atoms with Gasteiger partial charge in [0.2, 0.25) is 0 Å². The minimum atomic E-state index is 0.682. The molecular weight excluding hydrogens is 180 g/mol. The van der Waals surface area contributed by atoms with Gasteiger partial charge in [0.25, 0.3) is 0 Å². The zero-order valence-electron chi connectivity index (χ0n) is 10.5. The Labute approximate surface area is 94.8 Å². The fourth-order valence-corrected chi connectivity index (χ4v) is 2.06. The molecule has 0 N–H and O–H groups in total. The molecule has 0 aromatic heterocycles. The van der Waals surface area contributed by atoms with Crippen molar-refractivity contribution < 1.29 is 0 Å². The van der Waals surface area contributed by atoms with Crippen molar-refractivity contribution in [3.63, 3.8) is 0 Å². The summed E-state index contributed by atoms with van der Waals surface area (Å²) in [6.45, 7) is 10.8. The maximum absolute atomic E-state index is 4.11. The first kappa shape index (κ1) is 12.3. The van der Waals surface area contributed by atoms with Gasteiger partial charge in [-0.1, -0.05) is 35.5 Å². The van der Waals surface area contributed by atoms with E-state index in [0.717, 1.165) is 0 Å². The highest BCUT2D eigenvalue weighted by molar-refractivity contribution is 5.09. The van der Waals surface area contributed by atoms with Crippen molar-refractivity contribution in [3.05, 3.63) is 35.5 Å². The van der Waals surface area contributed by atoms with Crippen LogP contribution in [0.25, 0.3) is 0 Å². The summed E-state index contributed by atoms with van der Waals surface area (Å²) in [5, 5.41) is 0. The molecular formula is C15H24. The average Bonchev–Trinajstić information content (AvgIpc) is 2.16. The number of hydrogen-bond donors (Lipinski definition) is 0. The van der Waals surface area contributed by atoms with E-state index < -0.39 is 0 Å². The van der Waals surface area contributed by atoms with Crippen LogP contribution in [0.1, 0.15) is 52.9 Å². The Balaban J connectivity index is 2.70. The van der Waals surface area contributed by atoms with Crippen molar-refractivity contribution in [2.24, 2.45) is 5.92 Å². The summed E-state index contributed by atoms with van der Waals surface area (Å²) in [4.78, 5) is 0. The highest BCUT2D eigenvalue weighted by Crippen LogP contribution is 2.25. The van der Waals surface area contributed by atoms with Gasteiger partial charge in [0, 0.05) is 0 Å². The second kappa shape index (κ2) is 5.95. The maximum Gasteiger partial charge on any atom is -0.0171 e. The monoisotopic (exact) mass is 204 g/mol. The Bertz CT molecular complexity index is 278. The standard InChI is InChI=1S/C15H24/c1-12(2)15-10-8-13(3)6-5-7-14(4)9-11-15/h6,9,15H,1,5,7-8,10-11H2,2-4H3/b13-6+,14-9-/t15-/m1/s1. The van der Waals surface area contributed by atoms with Crippen molar-refractivity contribution in [2.75, 3.05) is 0 Å². The lowest BCUT2D eigenvalue weighted by Crippen LogP contribution is -2.02. The molecule has 84 valence electrons. The largest absolute Gasteiger partial charge is 0.0998 e. The van der Waals surface area contributed by atoms with Crippen LogP contribution >= 0.6 is 0 Å². The van der Waals surface area contributed by atoms with E-state index in [9.17, 15) is 0 Å². The third kappa shape index (κ3) is 4.51. The van der Waals surface area contributed by atoms with Crippen LogP contribution < -0.4 is 0 Å². The van der Waals surface area contributed by atoms with E-state index in [2.05, 4.69) is 39.5 Å². The summed E-state index contributed by atoms with van der Waals surface area (Å²) in [6.07, 6.45) is 10.9. The Morgan fingerprint density at radius 2 is 1.87 bits per heavy atom. The van der Waals surface area contributed by atoms with Crippen LogP contribution in [0.2, 0.25) is 0 Å². The fourth-order valence-electron chi connectivity index (χ4n) is 2.06. The predicted molar refractivity (Wildman–Crippen MR) is 68.9 cm³/mol. The molecule has 0 bridgehead atoms. The highest BCUT2D eigenvalue weighted by Gasteiger charge is 2.09. The van der Waals surface area contributed by atoms with Gasteiger partial charge < -0.3 is 0 Å². The van der Waals surface area contributed by atoms with Gasteiger partial charge in [-0.25, -0.2) is 0 Å². The first-order valence-electron chi connectivity index (χ1n) is 6.06. The van der Waals surface area contributed by atoms with E-state index in [0.29, 0.717) is 5.92 Å². The Hall–Kier alpha value is -0.780. The minimum absolute atomic E-state index is 0.682. The first-order valence-corrected chi connectivity index (χ1v) is 6.06. The molecule has 0 fully saturated rings. The number of rotatable bonds is 1. The second-order valence-corrected chi connectivity index (χ2v) is 4.96. The van der Waals surface area contributed by atoms with Crippen molar-refractivity contribution in [1.29, 1.82) is 0 Å². The third-order valence-corrected chi connectivity index (χ3v) is 3.37. The molecule has 0 aliphatic heterocycles. The topological polar surface area (TPSA) is 0 Å². The molecule has 0 nitrogen and oxygen atoms in total. The molecule has 1 atom stereocenters. The average molecular weight is 204 g/mol. The van der Waals surface area contributed by atoms with Crippen LogP contribution in [0.3, 0.4) is 0 Å². The molecule has 0 saturated heterocycles. The van der Waals surface area contributed by atoms with Gasteiger partial charge in [-0.3, -0.25) is 0 Å². The molecule has 0 amide bonds. The molecule has 0 spiro atoms. The van der Waals surface area contributed by atoms with E-state index in [1.165, 1.54) is 43.3 Å². The first-order chi connectivity index (χ1) is 7.09. The normalized spacial score (nSPS) is 31.0. The van der Waals surface area contributed by atoms with E-state index >= 15 is 0 Å². The smallest absolute Gasteiger partial charge is 0.0171 e. The minimum Gasteiger partial charge on any atom is -0.0998 e. The number of hydrogen-bond acceptors (Lipinski definition) is 0. The van der Waals surface area contributed by atoms with Crippen LogP contribution in [-0.4, -0.2) is 0 Å². The molecule has 0 aromatic carbocycles. The number of allylic oxidation sites excluding steroid dienone is 5. The van der Waals surface area contributed by atoms with Crippen molar-refractivity contribution in [2.45, 2.75) is 52.9 Å².